The van der Waals surface area contributed by atoms with E-state index in [1.807, 2.05) is 6.07 Å². The molecule has 0 saturated carbocycles. The lowest BCUT2D eigenvalue weighted by Gasteiger charge is -2.30. The molecule has 0 aromatic carbocycles. The molecule has 2 atom stereocenters. The highest BCUT2D eigenvalue weighted by atomic mass is 35.5. The SMILES string of the molecule is NCC1(C(O)c2ccc(Cl)s2)CCOC1. The highest BCUT2D eigenvalue weighted by molar-refractivity contribution is 7.16. The molecule has 2 rings (SSSR count). The lowest BCUT2D eigenvalue weighted by Crippen LogP contribution is -2.37. The molecule has 3 nitrogen and oxygen atoms in total. The molecule has 1 saturated heterocycles. The van der Waals surface area contributed by atoms with E-state index < -0.39 is 6.10 Å². The number of hydrogen-bond acceptors (Lipinski definition) is 4. The highest BCUT2D eigenvalue weighted by Crippen LogP contribution is 2.42. The molecule has 0 aliphatic carbocycles. The third-order valence-corrected chi connectivity index (χ3v) is 4.27. The van der Waals surface area contributed by atoms with Crippen LogP contribution in [0.3, 0.4) is 0 Å². The lowest BCUT2D eigenvalue weighted by molar-refractivity contribution is 0.0215. The topological polar surface area (TPSA) is 55.5 Å². The van der Waals surface area contributed by atoms with E-state index in [2.05, 4.69) is 0 Å². The molecule has 0 spiro atoms. The normalized spacial score (nSPS) is 28.2. The average Bonchev–Trinajstić information content (AvgIpc) is 2.86. The van der Waals surface area contributed by atoms with Crippen molar-refractivity contribution >= 4 is 22.9 Å². The maximum absolute atomic E-state index is 10.3. The first-order valence-electron chi connectivity index (χ1n) is 4.89. The molecule has 15 heavy (non-hydrogen) atoms. The van der Waals surface area contributed by atoms with Gasteiger partial charge in [-0.25, -0.2) is 0 Å². The number of hydrogen-bond donors (Lipinski definition) is 2. The Kier molecular flexibility index (Phi) is 3.33. The molecule has 0 amide bonds. The van der Waals surface area contributed by atoms with Gasteiger partial charge in [0.1, 0.15) is 0 Å². The Morgan fingerprint density at radius 3 is 2.93 bits per heavy atom. The maximum Gasteiger partial charge on any atom is 0.0973 e. The fourth-order valence-electron chi connectivity index (χ4n) is 1.89. The zero-order chi connectivity index (χ0) is 10.9. The monoisotopic (exact) mass is 247 g/mol. The van der Waals surface area contributed by atoms with Crippen molar-refractivity contribution in [3.63, 3.8) is 0 Å². The maximum atomic E-state index is 10.3. The summed E-state index contributed by atoms with van der Waals surface area (Å²) < 4.78 is 6.02. The predicted molar refractivity (Wildman–Crippen MR) is 61.2 cm³/mol. The molecule has 1 aromatic heterocycles. The molecule has 84 valence electrons. The van der Waals surface area contributed by atoms with Gasteiger partial charge in [-0.2, -0.15) is 0 Å². The van der Waals surface area contributed by atoms with Crippen LogP contribution >= 0.6 is 22.9 Å². The summed E-state index contributed by atoms with van der Waals surface area (Å²) in [6.07, 6.45) is 0.239. The van der Waals surface area contributed by atoms with Crippen molar-refractivity contribution in [1.29, 1.82) is 0 Å². The van der Waals surface area contributed by atoms with E-state index in [1.165, 1.54) is 11.3 Å². The van der Waals surface area contributed by atoms with Crippen LogP contribution in [0.15, 0.2) is 12.1 Å². The number of ether oxygens (including phenoxy) is 1. The van der Waals surface area contributed by atoms with Gasteiger partial charge < -0.3 is 15.6 Å². The zero-order valence-corrected chi connectivity index (χ0v) is 9.85. The summed E-state index contributed by atoms with van der Waals surface area (Å²) in [5.74, 6) is 0. The van der Waals surface area contributed by atoms with Gasteiger partial charge in [0.15, 0.2) is 0 Å². The highest BCUT2D eigenvalue weighted by Gasteiger charge is 2.41. The van der Waals surface area contributed by atoms with Crippen molar-refractivity contribution in [2.75, 3.05) is 19.8 Å². The summed E-state index contributed by atoms with van der Waals surface area (Å²) in [5.41, 5.74) is 5.42. The van der Waals surface area contributed by atoms with Crippen molar-refractivity contribution in [3.8, 4) is 0 Å². The first kappa shape index (κ1) is 11.4. The summed E-state index contributed by atoms with van der Waals surface area (Å²) in [6.45, 7) is 1.64. The van der Waals surface area contributed by atoms with Gasteiger partial charge >= 0.3 is 0 Å². The second kappa shape index (κ2) is 4.39. The number of halogens is 1. The van der Waals surface area contributed by atoms with E-state index in [-0.39, 0.29) is 5.41 Å². The van der Waals surface area contributed by atoms with Crippen LogP contribution in [-0.2, 0) is 4.74 Å². The molecule has 1 fully saturated rings. The molecular formula is C10H14ClNO2S. The fourth-order valence-corrected chi connectivity index (χ4v) is 3.08. The Hall–Kier alpha value is -0.130. The third-order valence-electron chi connectivity index (χ3n) is 2.98. The lowest BCUT2D eigenvalue weighted by atomic mass is 9.81. The van der Waals surface area contributed by atoms with Gasteiger partial charge in [0.05, 0.1) is 17.0 Å². The van der Waals surface area contributed by atoms with E-state index in [0.29, 0.717) is 24.1 Å². The fraction of sp³-hybridized carbons (Fsp3) is 0.600. The molecule has 2 unspecified atom stereocenters. The van der Waals surface area contributed by atoms with Crippen molar-refractivity contribution in [2.24, 2.45) is 11.1 Å². The Morgan fingerprint density at radius 1 is 1.67 bits per heavy atom. The molecule has 1 aliphatic heterocycles. The summed E-state index contributed by atoms with van der Waals surface area (Å²) in [7, 11) is 0. The van der Waals surface area contributed by atoms with E-state index in [9.17, 15) is 5.11 Å². The van der Waals surface area contributed by atoms with Crippen LogP contribution in [0.25, 0.3) is 0 Å². The van der Waals surface area contributed by atoms with Crippen molar-refractivity contribution in [1.82, 2.24) is 0 Å². The van der Waals surface area contributed by atoms with Crippen LogP contribution in [-0.4, -0.2) is 24.9 Å². The molecule has 3 N–H and O–H groups in total. The molecule has 5 heteroatoms. The van der Waals surface area contributed by atoms with Crippen LogP contribution in [0.1, 0.15) is 17.4 Å². The van der Waals surface area contributed by atoms with E-state index in [0.717, 1.165) is 11.3 Å². The molecule has 0 radical (unpaired) electrons. The molecule has 0 bridgehead atoms. The molecule has 1 aromatic rings. The van der Waals surface area contributed by atoms with Gasteiger partial charge in [-0.15, -0.1) is 11.3 Å². The standard InChI is InChI=1S/C10H14ClNO2S/c11-8-2-1-7(15-8)9(13)10(5-12)3-4-14-6-10/h1-2,9,13H,3-6,12H2. The summed E-state index contributed by atoms with van der Waals surface area (Å²) >= 11 is 7.25. The molecular weight excluding hydrogens is 234 g/mol. The number of thiophene rings is 1. The quantitative estimate of drug-likeness (QED) is 0.857. The summed E-state index contributed by atoms with van der Waals surface area (Å²) in [4.78, 5) is 0.871. The van der Waals surface area contributed by atoms with E-state index >= 15 is 0 Å². The largest absolute Gasteiger partial charge is 0.387 e. The molecule has 1 aliphatic rings. The Morgan fingerprint density at radius 2 is 2.47 bits per heavy atom. The van der Waals surface area contributed by atoms with Crippen LogP contribution in [0.4, 0.5) is 0 Å². The minimum Gasteiger partial charge on any atom is -0.387 e. The second-order valence-corrected chi connectivity index (χ2v) is 5.66. The van der Waals surface area contributed by atoms with Gasteiger partial charge in [-0.1, -0.05) is 11.6 Å². The van der Waals surface area contributed by atoms with Crippen molar-refractivity contribution in [3.05, 3.63) is 21.3 Å². The molecule has 2 heterocycles. The van der Waals surface area contributed by atoms with Gasteiger partial charge in [0.25, 0.3) is 0 Å². The predicted octanol–water partition coefficient (Wildman–Crippen LogP) is 1.80. The van der Waals surface area contributed by atoms with Crippen LogP contribution in [0.2, 0.25) is 4.34 Å². The third kappa shape index (κ3) is 2.05. The Balaban J connectivity index is 2.21. The smallest absolute Gasteiger partial charge is 0.0973 e. The van der Waals surface area contributed by atoms with Crippen molar-refractivity contribution in [2.45, 2.75) is 12.5 Å². The van der Waals surface area contributed by atoms with E-state index in [1.54, 1.807) is 6.07 Å². The number of nitrogens with two attached hydrogens (primary N) is 1. The summed E-state index contributed by atoms with van der Waals surface area (Å²) in [6, 6.07) is 3.65. The van der Waals surface area contributed by atoms with Gasteiger partial charge in [-0.3, -0.25) is 0 Å². The van der Waals surface area contributed by atoms with Crippen molar-refractivity contribution < 1.29 is 9.84 Å². The zero-order valence-electron chi connectivity index (χ0n) is 8.28. The Bertz CT molecular complexity index is 336. The minimum atomic E-state index is -0.567. The van der Waals surface area contributed by atoms with Gasteiger partial charge in [0, 0.05) is 23.4 Å². The summed E-state index contributed by atoms with van der Waals surface area (Å²) in [5, 5.41) is 10.3. The number of aliphatic hydroxyl groups excluding tert-OH is 1. The second-order valence-electron chi connectivity index (χ2n) is 3.91. The van der Waals surface area contributed by atoms with Gasteiger partial charge in [0.2, 0.25) is 0 Å². The first-order chi connectivity index (χ1) is 7.18. The first-order valence-corrected chi connectivity index (χ1v) is 6.08. The Labute approximate surface area is 97.8 Å². The minimum absolute atomic E-state index is 0.325. The van der Waals surface area contributed by atoms with Gasteiger partial charge in [-0.05, 0) is 18.6 Å². The van der Waals surface area contributed by atoms with E-state index in [4.69, 9.17) is 22.1 Å². The van der Waals surface area contributed by atoms with Crippen LogP contribution in [0, 0.1) is 5.41 Å². The number of rotatable bonds is 3. The van der Waals surface area contributed by atoms with Crippen LogP contribution in [0.5, 0.6) is 0 Å². The number of aliphatic hydroxyl groups is 1. The van der Waals surface area contributed by atoms with Crippen LogP contribution < -0.4 is 5.73 Å². The average molecular weight is 248 g/mol.